The number of amides is 2. The first-order valence-electron chi connectivity index (χ1n) is 9.13. The average molecular weight is 423 g/mol. The lowest BCUT2D eigenvalue weighted by Gasteiger charge is -2.12. The summed E-state index contributed by atoms with van der Waals surface area (Å²) in [5.41, 5.74) is 2.34. The fourth-order valence-corrected chi connectivity index (χ4v) is 3.93. The Labute approximate surface area is 175 Å². The van der Waals surface area contributed by atoms with Crippen LogP contribution in [0.5, 0.6) is 0 Å². The Morgan fingerprint density at radius 3 is 2.10 bits per heavy atom. The zero-order valence-electron chi connectivity index (χ0n) is 16.5. The fourth-order valence-electron chi connectivity index (χ4n) is 2.85. The van der Waals surface area contributed by atoms with E-state index in [9.17, 15) is 18.0 Å². The van der Waals surface area contributed by atoms with Gasteiger partial charge in [0.25, 0.3) is 21.8 Å². The maximum atomic E-state index is 12.6. The Bertz CT molecular complexity index is 1170. The summed E-state index contributed by atoms with van der Waals surface area (Å²) in [5, 5.41) is 5.35. The number of hydrogen-bond donors (Lipinski definition) is 3. The van der Waals surface area contributed by atoms with Crippen molar-refractivity contribution in [3.8, 4) is 0 Å². The summed E-state index contributed by atoms with van der Waals surface area (Å²) >= 11 is 0. The molecule has 7 nitrogen and oxygen atoms in total. The zero-order valence-corrected chi connectivity index (χ0v) is 17.3. The lowest BCUT2D eigenvalue weighted by Crippen LogP contribution is -2.20. The Hall–Kier alpha value is -3.65. The Kier molecular flexibility index (Phi) is 6.17. The van der Waals surface area contributed by atoms with Crippen LogP contribution in [0.15, 0.2) is 77.7 Å². The van der Waals surface area contributed by atoms with E-state index in [2.05, 4.69) is 15.4 Å². The third kappa shape index (κ3) is 4.66. The molecule has 0 heterocycles. The van der Waals surface area contributed by atoms with Gasteiger partial charge in [0.1, 0.15) is 0 Å². The lowest BCUT2D eigenvalue weighted by molar-refractivity contribution is 0.0960. The molecule has 30 heavy (non-hydrogen) atoms. The highest BCUT2D eigenvalue weighted by Gasteiger charge is 2.15. The standard InChI is InChI=1S/C22H21N3O4S/c1-15-19(22(27)23-2)9-6-10-20(15)24-21(26)16-11-13-17(14-12-16)25-30(28,29)18-7-4-3-5-8-18/h3-14,25H,1-2H3,(H,23,27)(H,24,26). The van der Waals surface area contributed by atoms with Gasteiger partial charge in [-0.25, -0.2) is 8.42 Å². The molecule has 0 spiro atoms. The van der Waals surface area contributed by atoms with Gasteiger partial charge in [0.2, 0.25) is 0 Å². The summed E-state index contributed by atoms with van der Waals surface area (Å²) in [6.07, 6.45) is 0. The molecule has 0 aliphatic rings. The van der Waals surface area contributed by atoms with Gasteiger partial charge in [-0.2, -0.15) is 0 Å². The first-order chi connectivity index (χ1) is 14.3. The minimum Gasteiger partial charge on any atom is -0.355 e. The van der Waals surface area contributed by atoms with E-state index < -0.39 is 10.0 Å². The molecule has 3 aromatic rings. The number of benzene rings is 3. The molecular weight excluding hydrogens is 402 g/mol. The van der Waals surface area contributed by atoms with Crippen molar-refractivity contribution in [3.63, 3.8) is 0 Å². The second-order valence-corrected chi connectivity index (χ2v) is 8.19. The van der Waals surface area contributed by atoms with Gasteiger partial charge in [-0.05, 0) is 61.0 Å². The van der Waals surface area contributed by atoms with Gasteiger partial charge in [0.15, 0.2) is 0 Å². The number of carbonyl (C=O) groups is 2. The van der Waals surface area contributed by atoms with Gasteiger partial charge >= 0.3 is 0 Å². The van der Waals surface area contributed by atoms with Crippen LogP contribution in [0.2, 0.25) is 0 Å². The van der Waals surface area contributed by atoms with E-state index in [0.717, 1.165) is 0 Å². The van der Waals surface area contributed by atoms with Crippen molar-refractivity contribution in [3.05, 3.63) is 89.5 Å². The lowest BCUT2D eigenvalue weighted by atomic mass is 10.1. The first-order valence-corrected chi connectivity index (χ1v) is 10.6. The molecule has 8 heteroatoms. The predicted octanol–water partition coefficient (Wildman–Crippen LogP) is 3.41. The number of anilines is 2. The highest BCUT2D eigenvalue weighted by Crippen LogP contribution is 2.21. The SMILES string of the molecule is CNC(=O)c1cccc(NC(=O)c2ccc(NS(=O)(=O)c3ccccc3)cc2)c1C. The second-order valence-electron chi connectivity index (χ2n) is 6.51. The highest BCUT2D eigenvalue weighted by molar-refractivity contribution is 7.92. The summed E-state index contributed by atoms with van der Waals surface area (Å²) in [5.74, 6) is -0.608. The topological polar surface area (TPSA) is 104 Å². The molecule has 3 N–H and O–H groups in total. The van der Waals surface area contributed by atoms with E-state index in [1.54, 1.807) is 50.4 Å². The van der Waals surface area contributed by atoms with Gasteiger partial charge in [-0.1, -0.05) is 24.3 Å². The highest BCUT2D eigenvalue weighted by atomic mass is 32.2. The molecule has 0 aliphatic carbocycles. The molecule has 0 fully saturated rings. The van der Waals surface area contributed by atoms with E-state index >= 15 is 0 Å². The van der Waals surface area contributed by atoms with E-state index in [-0.39, 0.29) is 16.7 Å². The number of rotatable bonds is 6. The van der Waals surface area contributed by atoms with E-state index in [1.807, 2.05) is 0 Å². The quantitative estimate of drug-likeness (QED) is 0.565. The molecule has 0 atom stereocenters. The van der Waals surface area contributed by atoms with Gasteiger partial charge in [0, 0.05) is 29.5 Å². The molecule has 0 saturated carbocycles. The van der Waals surface area contributed by atoms with Crippen molar-refractivity contribution in [1.29, 1.82) is 0 Å². The summed E-state index contributed by atoms with van der Waals surface area (Å²) in [6.45, 7) is 1.75. The van der Waals surface area contributed by atoms with Gasteiger partial charge < -0.3 is 10.6 Å². The van der Waals surface area contributed by atoms with E-state index in [1.165, 1.54) is 36.4 Å². The molecule has 0 aliphatic heterocycles. The van der Waals surface area contributed by atoms with Crippen molar-refractivity contribution in [2.24, 2.45) is 0 Å². The van der Waals surface area contributed by atoms with Crippen LogP contribution < -0.4 is 15.4 Å². The van der Waals surface area contributed by atoms with Crippen molar-refractivity contribution in [2.75, 3.05) is 17.1 Å². The molecule has 0 bridgehead atoms. The molecule has 0 unspecified atom stereocenters. The van der Waals surface area contributed by atoms with Crippen LogP contribution >= 0.6 is 0 Å². The second kappa shape index (κ2) is 8.79. The van der Waals surface area contributed by atoms with Crippen LogP contribution in [0.3, 0.4) is 0 Å². The summed E-state index contributed by atoms with van der Waals surface area (Å²) < 4.78 is 27.3. The maximum Gasteiger partial charge on any atom is 0.261 e. The summed E-state index contributed by atoms with van der Waals surface area (Å²) in [7, 11) is -2.16. The van der Waals surface area contributed by atoms with Crippen LogP contribution in [0, 0.1) is 6.92 Å². The fraction of sp³-hybridized carbons (Fsp3) is 0.0909. The van der Waals surface area contributed by atoms with Crippen molar-refractivity contribution >= 4 is 33.2 Å². The van der Waals surface area contributed by atoms with Gasteiger partial charge in [-0.15, -0.1) is 0 Å². The summed E-state index contributed by atoms with van der Waals surface area (Å²) in [6, 6.07) is 19.2. The molecule has 0 radical (unpaired) electrons. The van der Waals surface area contributed by atoms with E-state index in [0.29, 0.717) is 28.1 Å². The predicted molar refractivity (Wildman–Crippen MR) is 116 cm³/mol. The minimum absolute atomic E-state index is 0.151. The smallest absolute Gasteiger partial charge is 0.261 e. The zero-order chi connectivity index (χ0) is 21.7. The molecule has 154 valence electrons. The molecule has 3 rings (SSSR count). The molecule has 0 saturated heterocycles. The van der Waals surface area contributed by atoms with Crippen LogP contribution in [0.4, 0.5) is 11.4 Å². The van der Waals surface area contributed by atoms with Gasteiger partial charge in [-0.3, -0.25) is 14.3 Å². The third-order valence-corrected chi connectivity index (χ3v) is 5.90. The van der Waals surface area contributed by atoms with Crippen LogP contribution in [0.25, 0.3) is 0 Å². The third-order valence-electron chi connectivity index (χ3n) is 4.51. The largest absolute Gasteiger partial charge is 0.355 e. The normalized spacial score (nSPS) is 10.9. The molecule has 2 amide bonds. The number of nitrogens with one attached hydrogen (secondary N) is 3. The Morgan fingerprint density at radius 1 is 0.800 bits per heavy atom. The Balaban J connectivity index is 1.74. The number of sulfonamides is 1. The van der Waals surface area contributed by atoms with Crippen LogP contribution in [-0.4, -0.2) is 27.3 Å². The number of hydrogen-bond acceptors (Lipinski definition) is 4. The monoisotopic (exact) mass is 423 g/mol. The van der Waals surface area contributed by atoms with Crippen molar-refractivity contribution in [1.82, 2.24) is 5.32 Å². The van der Waals surface area contributed by atoms with Crippen molar-refractivity contribution < 1.29 is 18.0 Å². The van der Waals surface area contributed by atoms with Crippen LogP contribution in [-0.2, 0) is 10.0 Å². The van der Waals surface area contributed by atoms with Crippen molar-refractivity contribution in [2.45, 2.75) is 11.8 Å². The molecular formula is C22H21N3O4S. The Morgan fingerprint density at radius 2 is 1.47 bits per heavy atom. The average Bonchev–Trinajstić information content (AvgIpc) is 2.75. The number of carbonyl (C=O) groups excluding carboxylic acids is 2. The summed E-state index contributed by atoms with van der Waals surface area (Å²) in [4.78, 5) is 24.7. The molecule has 3 aromatic carbocycles. The maximum absolute atomic E-state index is 12.6. The van der Waals surface area contributed by atoms with E-state index in [4.69, 9.17) is 0 Å². The minimum atomic E-state index is -3.70. The van der Waals surface area contributed by atoms with Gasteiger partial charge in [0.05, 0.1) is 4.90 Å². The van der Waals surface area contributed by atoms with Crippen LogP contribution in [0.1, 0.15) is 26.3 Å². The first kappa shape index (κ1) is 21.1. The molecule has 0 aromatic heterocycles.